The van der Waals surface area contributed by atoms with E-state index in [1.807, 2.05) is 30.3 Å². The maximum atomic E-state index is 6.04. The first kappa shape index (κ1) is 9.18. The van der Waals surface area contributed by atoms with Gasteiger partial charge in [-0.25, -0.2) is 4.98 Å². The Morgan fingerprint density at radius 3 is 2.94 bits per heavy atom. The molecule has 0 radical (unpaired) electrons. The Hall–Kier alpha value is -2.07. The van der Waals surface area contributed by atoms with Gasteiger partial charge in [0.15, 0.2) is 0 Å². The Morgan fingerprint density at radius 2 is 2.19 bits per heavy atom. The summed E-state index contributed by atoms with van der Waals surface area (Å²) in [5, 5.41) is 1.06. The van der Waals surface area contributed by atoms with E-state index in [0.717, 1.165) is 16.7 Å². The van der Waals surface area contributed by atoms with Gasteiger partial charge < -0.3 is 15.1 Å². The van der Waals surface area contributed by atoms with E-state index in [1.54, 1.807) is 12.4 Å². The quantitative estimate of drug-likeness (QED) is 0.685. The number of furan rings is 1. The van der Waals surface area contributed by atoms with Crippen molar-refractivity contribution in [3.8, 4) is 0 Å². The minimum atomic E-state index is -0.345. The SMILES string of the molecule is NC(c1ncc[nH]1)c1cc2ccccc2o1. The molecule has 3 rings (SSSR count). The van der Waals surface area contributed by atoms with E-state index in [0.29, 0.717) is 5.82 Å². The number of nitrogens with one attached hydrogen (secondary N) is 1. The highest BCUT2D eigenvalue weighted by Gasteiger charge is 2.15. The third-order valence-corrected chi connectivity index (χ3v) is 2.57. The molecule has 2 heterocycles. The van der Waals surface area contributed by atoms with E-state index in [-0.39, 0.29) is 6.04 Å². The van der Waals surface area contributed by atoms with Crippen LogP contribution in [0.1, 0.15) is 17.6 Å². The summed E-state index contributed by atoms with van der Waals surface area (Å²) in [6.45, 7) is 0. The molecule has 16 heavy (non-hydrogen) atoms. The predicted octanol–water partition coefficient (Wildman–Crippen LogP) is 2.20. The van der Waals surface area contributed by atoms with E-state index in [1.165, 1.54) is 0 Å². The van der Waals surface area contributed by atoms with E-state index >= 15 is 0 Å². The zero-order chi connectivity index (χ0) is 11.0. The zero-order valence-electron chi connectivity index (χ0n) is 8.55. The standard InChI is InChI=1S/C12H11N3O/c13-11(12-14-5-6-15-12)10-7-8-3-1-2-4-9(8)16-10/h1-7,11H,13H2,(H,14,15). The third kappa shape index (κ3) is 1.40. The summed E-state index contributed by atoms with van der Waals surface area (Å²) < 4.78 is 5.67. The monoisotopic (exact) mass is 213 g/mol. The summed E-state index contributed by atoms with van der Waals surface area (Å²) in [5.74, 6) is 1.43. The first-order valence-corrected chi connectivity index (χ1v) is 5.08. The fraction of sp³-hybridized carbons (Fsp3) is 0.0833. The highest BCUT2D eigenvalue weighted by atomic mass is 16.3. The fourth-order valence-electron chi connectivity index (χ4n) is 1.74. The predicted molar refractivity (Wildman–Crippen MR) is 60.8 cm³/mol. The van der Waals surface area contributed by atoms with Gasteiger partial charge in [0.1, 0.15) is 23.2 Å². The second kappa shape index (κ2) is 3.50. The third-order valence-electron chi connectivity index (χ3n) is 2.57. The van der Waals surface area contributed by atoms with Crippen LogP contribution in [0.2, 0.25) is 0 Å². The second-order valence-corrected chi connectivity index (χ2v) is 3.64. The van der Waals surface area contributed by atoms with Crippen LogP contribution in [-0.2, 0) is 0 Å². The average Bonchev–Trinajstić information content (AvgIpc) is 2.97. The molecule has 1 unspecified atom stereocenters. The van der Waals surface area contributed by atoms with Gasteiger partial charge in [-0.3, -0.25) is 0 Å². The van der Waals surface area contributed by atoms with Gasteiger partial charge >= 0.3 is 0 Å². The van der Waals surface area contributed by atoms with Crippen molar-refractivity contribution in [1.82, 2.24) is 9.97 Å². The topological polar surface area (TPSA) is 67.8 Å². The van der Waals surface area contributed by atoms with E-state index in [4.69, 9.17) is 10.2 Å². The number of benzene rings is 1. The summed E-state index contributed by atoms with van der Waals surface area (Å²) in [6.07, 6.45) is 3.43. The van der Waals surface area contributed by atoms with Crippen LogP contribution in [0.4, 0.5) is 0 Å². The second-order valence-electron chi connectivity index (χ2n) is 3.64. The van der Waals surface area contributed by atoms with Gasteiger partial charge in [-0.1, -0.05) is 18.2 Å². The van der Waals surface area contributed by atoms with Crippen LogP contribution in [0, 0.1) is 0 Å². The maximum Gasteiger partial charge on any atom is 0.134 e. The van der Waals surface area contributed by atoms with Crippen molar-refractivity contribution < 1.29 is 4.42 Å². The van der Waals surface area contributed by atoms with Crippen molar-refractivity contribution in [2.24, 2.45) is 5.73 Å². The van der Waals surface area contributed by atoms with Gasteiger partial charge in [-0.05, 0) is 12.1 Å². The molecule has 0 aliphatic carbocycles. The molecule has 3 aromatic rings. The molecule has 0 saturated carbocycles. The highest BCUT2D eigenvalue weighted by Crippen LogP contribution is 2.24. The molecule has 1 atom stereocenters. The maximum absolute atomic E-state index is 6.04. The van der Waals surface area contributed by atoms with Crippen LogP contribution in [0.3, 0.4) is 0 Å². The average molecular weight is 213 g/mol. The number of para-hydroxylation sites is 1. The lowest BCUT2D eigenvalue weighted by Gasteiger charge is -2.03. The lowest BCUT2D eigenvalue weighted by molar-refractivity contribution is 0.517. The molecule has 4 nitrogen and oxygen atoms in total. The Labute approximate surface area is 92.1 Å². The minimum absolute atomic E-state index is 0.345. The van der Waals surface area contributed by atoms with Crippen molar-refractivity contribution in [3.05, 3.63) is 54.3 Å². The van der Waals surface area contributed by atoms with Crippen molar-refractivity contribution in [2.45, 2.75) is 6.04 Å². The fourth-order valence-corrected chi connectivity index (χ4v) is 1.74. The molecular weight excluding hydrogens is 202 g/mol. The number of H-pyrrole nitrogens is 1. The number of hydrogen-bond donors (Lipinski definition) is 2. The zero-order valence-corrected chi connectivity index (χ0v) is 8.55. The molecule has 0 spiro atoms. The smallest absolute Gasteiger partial charge is 0.134 e. The van der Waals surface area contributed by atoms with E-state index < -0.39 is 0 Å². The van der Waals surface area contributed by atoms with Crippen molar-refractivity contribution in [1.29, 1.82) is 0 Å². The van der Waals surface area contributed by atoms with Gasteiger partial charge in [0.2, 0.25) is 0 Å². The van der Waals surface area contributed by atoms with Crippen molar-refractivity contribution in [3.63, 3.8) is 0 Å². The van der Waals surface area contributed by atoms with Gasteiger partial charge in [0, 0.05) is 17.8 Å². The number of imidazole rings is 1. The molecule has 2 aromatic heterocycles. The number of aromatic nitrogens is 2. The molecule has 0 amide bonds. The lowest BCUT2D eigenvalue weighted by Crippen LogP contribution is -2.12. The number of hydrogen-bond acceptors (Lipinski definition) is 3. The Kier molecular flexibility index (Phi) is 2.01. The molecular formula is C12H11N3O. The summed E-state index contributed by atoms with van der Waals surface area (Å²) in [5.41, 5.74) is 6.88. The lowest BCUT2D eigenvalue weighted by atomic mass is 10.2. The Morgan fingerprint density at radius 1 is 1.31 bits per heavy atom. The van der Waals surface area contributed by atoms with Crippen LogP contribution < -0.4 is 5.73 Å². The molecule has 4 heteroatoms. The van der Waals surface area contributed by atoms with E-state index in [9.17, 15) is 0 Å². The number of aromatic amines is 1. The summed E-state index contributed by atoms with van der Waals surface area (Å²) in [7, 11) is 0. The molecule has 0 bridgehead atoms. The molecule has 80 valence electrons. The summed E-state index contributed by atoms with van der Waals surface area (Å²) in [6, 6.07) is 9.43. The molecule has 0 saturated heterocycles. The van der Waals surface area contributed by atoms with Crippen LogP contribution in [0.15, 0.2) is 47.1 Å². The number of fused-ring (bicyclic) bond motifs is 1. The minimum Gasteiger partial charge on any atom is -0.459 e. The van der Waals surface area contributed by atoms with Crippen LogP contribution in [-0.4, -0.2) is 9.97 Å². The number of nitrogens with two attached hydrogens (primary N) is 1. The molecule has 0 aliphatic rings. The van der Waals surface area contributed by atoms with Crippen LogP contribution in [0.5, 0.6) is 0 Å². The van der Waals surface area contributed by atoms with Crippen molar-refractivity contribution >= 4 is 11.0 Å². The van der Waals surface area contributed by atoms with Crippen molar-refractivity contribution in [2.75, 3.05) is 0 Å². The van der Waals surface area contributed by atoms with Crippen LogP contribution >= 0.6 is 0 Å². The summed E-state index contributed by atoms with van der Waals surface area (Å²) >= 11 is 0. The Balaban J connectivity index is 2.06. The highest BCUT2D eigenvalue weighted by molar-refractivity contribution is 5.77. The molecule has 0 fully saturated rings. The van der Waals surface area contributed by atoms with E-state index in [2.05, 4.69) is 9.97 Å². The van der Waals surface area contributed by atoms with Gasteiger partial charge in [0.05, 0.1) is 0 Å². The Bertz CT molecular complexity index is 565. The normalized spacial score (nSPS) is 13.1. The first-order valence-electron chi connectivity index (χ1n) is 5.08. The van der Waals surface area contributed by atoms with Gasteiger partial charge in [0.25, 0.3) is 0 Å². The van der Waals surface area contributed by atoms with Crippen LogP contribution in [0.25, 0.3) is 11.0 Å². The number of rotatable bonds is 2. The number of nitrogens with zero attached hydrogens (tertiary/aromatic N) is 1. The van der Waals surface area contributed by atoms with Gasteiger partial charge in [-0.15, -0.1) is 0 Å². The first-order chi connectivity index (χ1) is 7.84. The largest absolute Gasteiger partial charge is 0.459 e. The molecule has 3 N–H and O–H groups in total. The molecule has 0 aliphatic heterocycles. The van der Waals surface area contributed by atoms with Gasteiger partial charge in [-0.2, -0.15) is 0 Å². The summed E-state index contributed by atoms with van der Waals surface area (Å²) in [4.78, 5) is 7.11. The molecule has 1 aromatic carbocycles.